The van der Waals surface area contributed by atoms with Crippen molar-refractivity contribution >= 4 is 17.4 Å². The molecule has 3 aromatic rings. The number of hydrogen-bond donors (Lipinski definition) is 1. The van der Waals surface area contributed by atoms with Crippen LogP contribution in [-0.4, -0.2) is 21.9 Å². The predicted molar refractivity (Wildman–Crippen MR) is 88.9 cm³/mol. The van der Waals surface area contributed by atoms with Crippen LogP contribution in [0.15, 0.2) is 52.9 Å². The average molecular weight is 321 g/mol. The highest BCUT2D eigenvalue weighted by molar-refractivity contribution is 6.01. The van der Waals surface area contributed by atoms with Gasteiger partial charge in [0.1, 0.15) is 0 Å². The second-order valence-corrected chi connectivity index (χ2v) is 5.37. The van der Waals surface area contributed by atoms with E-state index in [4.69, 9.17) is 4.42 Å². The summed E-state index contributed by atoms with van der Waals surface area (Å²) in [7, 11) is 0. The average Bonchev–Trinajstić information content (AvgIpc) is 3.06. The largest absolute Gasteiger partial charge is 0.412 e. The predicted octanol–water partition coefficient (Wildman–Crippen LogP) is 3.50. The number of aryl methyl sites for hydroxylation is 1. The minimum atomic E-state index is -0.503. The third-order valence-corrected chi connectivity index (χ3v) is 3.47. The van der Waals surface area contributed by atoms with Crippen molar-refractivity contribution in [1.82, 2.24) is 10.2 Å². The third-order valence-electron chi connectivity index (χ3n) is 3.47. The number of anilines is 1. The van der Waals surface area contributed by atoms with Gasteiger partial charge in [-0.2, -0.15) is 0 Å². The summed E-state index contributed by atoms with van der Waals surface area (Å²) in [6.07, 6.45) is 0. The number of aromatic nitrogens is 2. The molecule has 0 bridgehead atoms. The van der Waals surface area contributed by atoms with E-state index in [0.717, 1.165) is 11.1 Å². The Kier molecular flexibility index (Phi) is 4.20. The van der Waals surface area contributed by atoms with Crippen LogP contribution in [-0.2, 0) is 0 Å². The summed E-state index contributed by atoms with van der Waals surface area (Å²) in [4.78, 5) is 23.4. The van der Waals surface area contributed by atoms with Gasteiger partial charge in [-0.25, -0.2) is 0 Å². The highest BCUT2D eigenvalue weighted by Gasteiger charge is 2.16. The van der Waals surface area contributed by atoms with E-state index in [1.54, 1.807) is 24.3 Å². The lowest BCUT2D eigenvalue weighted by atomic mass is 10.1. The molecule has 0 aliphatic carbocycles. The van der Waals surface area contributed by atoms with Gasteiger partial charge in [0.15, 0.2) is 5.78 Å². The van der Waals surface area contributed by atoms with E-state index in [1.165, 1.54) is 6.92 Å². The Labute approximate surface area is 138 Å². The molecule has 120 valence electrons. The zero-order chi connectivity index (χ0) is 17.1. The minimum Gasteiger partial charge on any atom is -0.412 e. The Morgan fingerprint density at radius 2 is 1.62 bits per heavy atom. The zero-order valence-corrected chi connectivity index (χ0v) is 13.2. The normalized spacial score (nSPS) is 10.4. The highest BCUT2D eigenvalue weighted by atomic mass is 16.4. The molecule has 3 rings (SSSR count). The Hall–Kier alpha value is -3.28. The van der Waals surface area contributed by atoms with E-state index >= 15 is 0 Å². The summed E-state index contributed by atoms with van der Waals surface area (Å²) in [5, 5.41) is 10.3. The van der Waals surface area contributed by atoms with Gasteiger partial charge in [-0.15, -0.1) is 10.2 Å². The summed E-state index contributed by atoms with van der Waals surface area (Å²) in [6.45, 7) is 3.46. The quantitative estimate of drug-likeness (QED) is 0.743. The fourth-order valence-corrected chi connectivity index (χ4v) is 2.10. The van der Waals surface area contributed by atoms with Crippen molar-refractivity contribution in [1.29, 1.82) is 0 Å². The Morgan fingerprint density at radius 3 is 2.25 bits per heavy atom. The molecule has 0 aliphatic heterocycles. The first-order chi connectivity index (χ1) is 11.5. The number of benzene rings is 2. The molecule has 1 aromatic heterocycles. The topological polar surface area (TPSA) is 85.1 Å². The van der Waals surface area contributed by atoms with Crippen LogP contribution < -0.4 is 5.32 Å². The molecule has 0 saturated carbocycles. The van der Waals surface area contributed by atoms with Crippen molar-refractivity contribution in [3.63, 3.8) is 0 Å². The van der Waals surface area contributed by atoms with Crippen LogP contribution in [0.25, 0.3) is 11.5 Å². The molecule has 0 radical (unpaired) electrons. The molecular weight excluding hydrogens is 306 g/mol. The number of Topliss-reactive ketones (excluding diaryl/α,β-unsaturated/α-hetero) is 1. The summed E-state index contributed by atoms with van der Waals surface area (Å²) < 4.78 is 5.42. The van der Waals surface area contributed by atoms with E-state index < -0.39 is 5.91 Å². The van der Waals surface area contributed by atoms with Crippen LogP contribution in [0, 0.1) is 6.92 Å². The van der Waals surface area contributed by atoms with Gasteiger partial charge in [0, 0.05) is 16.8 Å². The van der Waals surface area contributed by atoms with Gasteiger partial charge in [-0.05, 0) is 50.2 Å². The number of nitrogens with zero attached hydrogens (tertiary/aromatic N) is 2. The lowest BCUT2D eigenvalue weighted by molar-refractivity contribution is 0.0989. The second-order valence-electron chi connectivity index (χ2n) is 5.37. The maximum Gasteiger partial charge on any atom is 0.313 e. The third kappa shape index (κ3) is 3.38. The highest BCUT2D eigenvalue weighted by Crippen LogP contribution is 2.19. The number of carbonyl (C=O) groups excluding carboxylic acids is 2. The van der Waals surface area contributed by atoms with Crippen LogP contribution in [0.3, 0.4) is 0 Å². The molecule has 6 heteroatoms. The lowest BCUT2D eigenvalue weighted by Gasteiger charge is -2.02. The molecule has 0 unspecified atom stereocenters. The van der Waals surface area contributed by atoms with E-state index in [1.807, 2.05) is 31.2 Å². The Morgan fingerprint density at radius 1 is 0.958 bits per heavy atom. The first-order valence-corrected chi connectivity index (χ1v) is 7.36. The number of ketones is 1. The number of rotatable bonds is 4. The maximum absolute atomic E-state index is 12.2. The number of amides is 1. The molecule has 0 fully saturated rings. The summed E-state index contributed by atoms with van der Waals surface area (Å²) in [5.41, 5.74) is 2.98. The summed E-state index contributed by atoms with van der Waals surface area (Å²) in [6, 6.07) is 14.1. The lowest BCUT2D eigenvalue weighted by Crippen LogP contribution is -2.12. The molecule has 1 N–H and O–H groups in total. The number of nitrogens with one attached hydrogen (secondary N) is 1. The van der Waals surface area contributed by atoms with Crippen molar-refractivity contribution in [3.05, 3.63) is 65.5 Å². The Bertz CT molecular complexity index is 881. The smallest absolute Gasteiger partial charge is 0.313 e. The molecular formula is C18H15N3O3. The van der Waals surface area contributed by atoms with Crippen LogP contribution in [0.2, 0.25) is 0 Å². The molecule has 0 aliphatic rings. The zero-order valence-electron chi connectivity index (χ0n) is 13.2. The van der Waals surface area contributed by atoms with Crippen LogP contribution in [0.4, 0.5) is 5.69 Å². The molecule has 0 spiro atoms. The van der Waals surface area contributed by atoms with Gasteiger partial charge < -0.3 is 9.73 Å². The van der Waals surface area contributed by atoms with Crippen LogP contribution in [0.1, 0.15) is 33.5 Å². The van der Waals surface area contributed by atoms with Crippen molar-refractivity contribution < 1.29 is 14.0 Å². The first kappa shape index (κ1) is 15.6. The molecule has 2 aromatic carbocycles. The van der Waals surface area contributed by atoms with Gasteiger partial charge in [0.25, 0.3) is 0 Å². The van der Waals surface area contributed by atoms with E-state index in [-0.39, 0.29) is 17.6 Å². The van der Waals surface area contributed by atoms with Gasteiger partial charge in [-0.3, -0.25) is 9.59 Å². The molecule has 1 amide bonds. The fraction of sp³-hybridized carbons (Fsp3) is 0.111. The molecule has 1 heterocycles. The van der Waals surface area contributed by atoms with E-state index in [0.29, 0.717) is 11.3 Å². The number of carbonyl (C=O) groups is 2. The standard InChI is InChI=1S/C18H15N3O3/c1-11-3-5-14(6-4-11)17-20-21-18(24-17)16(23)19-15-9-7-13(8-10-15)12(2)22/h3-10H,1-2H3,(H,19,23). The molecule has 24 heavy (non-hydrogen) atoms. The van der Waals surface area contributed by atoms with E-state index in [2.05, 4.69) is 15.5 Å². The maximum atomic E-state index is 12.2. The van der Waals surface area contributed by atoms with Crippen LogP contribution in [0.5, 0.6) is 0 Å². The molecule has 0 atom stereocenters. The minimum absolute atomic E-state index is 0.0347. The second kappa shape index (κ2) is 6.45. The van der Waals surface area contributed by atoms with Gasteiger partial charge in [0.05, 0.1) is 0 Å². The monoisotopic (exact) mass is 321 g/mol. The van der Waals surface area contributed by atoms with Crippen LogP contribution >= 0.6 is 0 Å². The van der Waals surface area contributed by atoms with Crippen molar-refractivity contribution in [3.8, 4) is 11.5 Å². The number of hydrogen-bond acceptors (Lipinski definition) is 5. The molecule has 6 nitrogen and oxygen atoms in total. The Balaban J connectivity index is 1.73. The van der Waals surface area contributed by atoms with Gasteiger partial charge in [0.2, 0.25) is 5.89 Å². The SMILES string of the molecule is CC(=O)c1ccc(NC(=O)c2nnc(-c3ccc(C)cc3)o2)cc1. The first-order valence-electron chi connectivity index (χ1n) is 7.36. The van der Waals surface area contributed by atoms with Gasteiger partial charge >= 0.3 is 11.8 Å². The van der Waals surface area contributed by atoms with E-state index in [9.17, 15) is 9.59 Å². The van der Waals surface area contributed by atoms with Crippen molar-refractivity contribution in [2.24, 2.45) is 0 Å². The van der Waals surface area contributed by atoms with Gasteiger partial charge in [-0.1, -0.05) is 17.7 Å². The summed E-state index contributed by atoms with van der Waals surface area (Å²) in [5.74, 6) is -0.378. The summed E-state index contributed by atoms with van der Waals surface area (Å²) >= 11 is 0. The fourth-order valence-electron chi connectivity index (χ4n) is 2.10. The van der Waals surface area contributed by atoms with Crippen molar-refractivity contribution in [2.45, 2.75) is 13.8 Å². The van der Waals surface area contributed by atoms with Crippen molar-refractivity contribution in [2.75, 3.05) is 5.32 Å². The molecule has 0 saturated heterocycles.